The third kappa shape index (κ3) is 2.50. The predicted molar refractivity (Wildman–Crippen MR) is 39.8 cm³/mol. The van der Waals surface area contributed by atoms with E-state index in [1.54, 1.807) is 0 Å². The summed E-state index contributed by atoms with van der Waals surface area (Å²) >= 11 is 0. The van der Waals surface area contributed by atoms with Gasteiger partial charge in [0.15, 0.2) is 0 Å². The number of aliphatic hydroxyl groups is 1. The van der Waals surface area contributed by atoms with E-state index < -0.39 is 0 Å². The van der Waals surface area contributed by atoms with E-state index in [4.69, 9.17) is 9.84 Å². The first-order valence-corrected chi connectivity index (χ1v) is 3.81. The molecule has 1 aliphatic rings. The van der Waals surface area contributed by atoms with Crippen molar-refractivity contribution in [1.29, 1.82) is 0 Å². The lowest BCUT2D eigenvalue weighted by atomic mass is 10.1. The van der Waals surface area contributed by atoms with Gasteiger partial charge in [-0.2, -0.15) is 0 Å². The van der Waals surface area contributed by atoms with Crippen LogP contribution < -0.4 is 0 Å². The highest BCUT2D eigenvalue weighted by Gasteiger charge is 2.06. The molecule has 0 saturated heterocycles. The van der Waals surface area contributed by atoms with Crippen molar-refractivity contribution in [2.24, 2.45) is 0 Å². The summed E-state index contributed by atoms with van der Waals surface area (Å²) in [4.78, 5) is 0. The van der Waals surface area contributed by atoms with Crippen LogP contribution in [0.1, 0.15) is 19.3 Å². The van der Waals surface area contributed by atoms with Gasteiger partial charge in [-0.25, -0.2) is 0 Å². The van der Waals surface area contributed by atoms with E-state index in [0.717, 1.165) is 25.9 Å². The molecule has 1 rings (SSSR count). The quantitative estimate of drug-likeness (QED) is 0.555. The van der Waals surface area contributed by atoms with Crippen molar-refractivity contribution < 1.29 is 9.84 Å². The summed E-state index contributed by atoms with van der Waals surface area (Å²) in [5.41, 5.74) is 0. The average molecular weight is 142 g/mol. The fourth-order valence-corrected chi connectivity index (χ4v) is 1.05. The molecule has 2 nitrogen and oxygen atoms in total. The molecule has 0 unspecified atom stereocenters. The summed E-state index contributed by atoms with van der Waals surface area (Å²) in [6.07, 6.45) is 7.33. The highest BCUT2D eigenvalue weighted by atomic mass is 16.5. The largest absolute Gasteiger partial charge is 0.394 e. The molecule has 0 bridgehead atoms. The molecule has 10 heavy (non-hydrogen) atoms. The van der Waals surface area contributed by atoms with Gasteiger partial charge in [0.1, 0.15) is 0 Å². The van der Waals surface area contributed by atoms with Gasteiger partial charge in [0.2, 0.25) is 0 Å². The van der Waals surface area contributed by atoms with Crippen molar-refractivity contribution in [3.05, 3.63) is 12.2 Å². The Morgan fingerprint density at radius 3 is 3.00 bits per heavy atom. The summed E-state index contributed by atoms with van der Waals surface area (Å²) < 4.78 is 5.33. The summed E-state index contributed by atoms with van der Waals surface area (Å²) in [6.45, 7) is 0.912. The standard InChI is InChI=1S/C8H14O2/c9-7-8-5-3-1-2-4-6-10-8/h1-2,8-9H,3-7H2/b2-1-/t8-/m1/s1. The van der Waals surface area contributed by atoms with Crippen LogP contribution >= 0.6 is 0 Å². The Balaban J connectivity index is 2.27. The fourth-order valence-electron chi connectivity index (χ4n) is 1.05. The van der Waals surface area contributed by atoms with Crippen LogP contribution in [-0.2, 0) is 4.74 Å². The topological polar surface area (TPSA) is 29.5 Å². The Morgan fingerprint density at radius 2 is 2.20 bits per heavy atom. The van der Waals surface area contributed by atoms with E-state index in [0.29, 0.717) is 0 Å². The van der Waals surface area contributed by atoms with Crippen molar-refractivity contribution in [3.63, 3.8) is 0 Å². The second kappa shape index (κ2) is 4.47. The van der Waals surface area contributed by atoms with E-state index in [9.17, 15) is 0 Å². The third-order valence-corrected chi connectivity index (χ3v) is 1.66. The Bertz CT molecular complexity index is 110. The maximum Gasteiger partial charge on any atom is 0.0808 e. The van der Waals surface area contributed by atoms with E-state index in [1.165, 1.54) is 0 Å². The van der Waals surface area contributed by atoms with Gasteiger partial charge in [-0.15, -0.1) is 0 Å². The van der Waals surface area contributed by atoms with Gasteiger partial charge in [-0.1, -0.05) is 12.2 Å². The van der Waals surface area contributed by atoms with Gasteiger partial charge in [-0.05, 0) is 19.3 Å². The van der Waals surface area contributed by atoms with Crippen LogP contribution in [0.5, 0.6) is 0 Å². The van der Waals surface area contributed by atoms with Gasteiger partial charge >= 0.3 is 0 Å². The molecule has 0 amide bonds. The van der Waals surface area contributed by atoms with Crippen LogP contribution in [0.3, 0.4) is 0 Å². The minimum absolute atomic E-state index is 0.0740. The first kappa shape index (κ1) is 7.76. The molecule has 0 aromatic carbocycles. The third-order valence-electron chi connectivity index (χ3n) is 1.66. The van der Waals surface area contributed by atoms with Gasteiger partial charge in [-0.3, -0.25) is 0 Å². The lowest BCUT2D eigenvalue weighted by Gasteiger charge is -2.15. The lowest BCUT2D eigenvalue weighted by molar-refractivity contribution is 0.00953. The van der Waals surface area contributed by atoms with Crippen LogP contribution in [-0.4, -0.2) is 24.4 Å². The molecule has 0 aromatic rings. The number of allylic oxidation sites excluding steroid dienone is 1. The van der Waals surface area contributed by atoms with Crippen LogP contribution in [0.15, 0.2) is 12.2 Å². The summed E-state index contributed by atoms with van der Waals surface area (Å²) in [7, 11) is 0. The van der Waals surface area contributed by atoms with Crippen molar-refractivity contribution >= 4 is 0 Å². The fraction of sp³-hybridized carbons (Fsp3) is 0.750. The number of ether oxygens (including phenoxy) is 1. The van der Waals surface area contributed by atoms with E-state index in [2.05, 4.69) is 12.2 Å². The van der Waals surface area contributed by atoms with Crippen LogP contribution in [0, 0.1) is 0 Å². The van der Waals surface area contributed by atoms with Crippen molar-refractivity contribution in [1.82, 2.24) is 0 Å². The summed E-state index contributed by atoms with van der Waals surface area (Å²) in [6, 6.07) is 0. The normalized spacial score (nSPS) is 30.7. The first-order chi connectivity index (χ1) is 4.93. The number of rotatable bonds is 1. The minimum Gasteiger partial charge on any atom is -0.394 e. The molecule has 58 valence electrons. The first-order valence-electron chi connectivity index (χ1n) is 3.81. The molecule has 0 aliphatic carbocycles. The molecule has 0 aromatic heterocycles. The Hall–Kier alpha value is -0.340. The Kier molecular flexibility index (Phi) is 3.47. The second-order valence-electron chi connectivity index (χ2n) is 2.51. The maximum atomic E-state index is 8.76. The molecular weight excluding hydrogens is 128 g/mol. The van der Waals surface area contributed by atoms with Gasteiger partial charge in [0.05, 0.1) is 19.3 Å². The second-order valence-corrected chi connectivity index (χ2v) is 2.51. The SMILES string of the molecule is OC[C@H]1CC/C=C\CCO1. The Labute approximate surface area is 61.5 Å². The molecule has 1 aliphatic heterocycles. The molecular formula is C8H14O2. The summed E-state index contributed by atoms with van der Waals surface area (Å²) in [5.74, 6) is 0. The minimum atomic E-state index is 0.0740. The van der Waals surface area contributed by atoms with Crippen molar-refractivity contribution in [2.45, 2.75) is 25.4 Å². The molecule has 0 fully saturated rings. The zero-order valence-corrected chi connectivity index (χ0v) is 6.12. The van der Waals surface area contributed by atoms with E-state index >= 15 is 0 Å². The van der Waals surface area contributed by atoms with Crippen LogP contribution in [0.4, 0.5) is 0 Å². The maximum absolute atomic E-state index is 8.76. The molecule has 0 spiro atoms. The Morgan fingerprint density at radius 1 is 1.40 bits per heavy atom. The number of hydrogen-bond acceptors (Lipinski definition) is 2. The number of hydrogen-bond donors (Lipinski definition) is 1. The highest BCUT2D eigenvalue weighted by Crippen LogP contribution is 2.06. The molecule has 2 heteroatoms. The average Bonchev–Trinajstić information content (AvgIpc) is 1.87. The van der Waals surface area contributed by atoms with Crippen molar-refractivity contribution in [3.8, 4) is 0 Å². The molecule has 1 heterocycles. The van der Waals surface area contributed by atoms with Gasteiger partial charge in [0.25, 0.3) is 0 Å². The molecule has 0 saturated carbocycles. The van der Waals surface area contributed by atoms with Gasteiger partial charge in [0, 0.05) is 0 Å². The van der Waals surface area contributed by atoms with Crippen LogP contribution in [0.25, 0.3) is 0 Å². The molecule has 1 N–H and O–H groups in total. The monoisotopic (exact) mass is 142 g/mol. The van der Waals surface area contributed by atoms with Gasteiger partial charge < -0.3 is 9.84 Å². The van der Waals surface area contributed by atoms with E-state index in [-0.39, 0.29) is 12.7 Å². The highest BCUT2D eigenvalue weighted by molar-refractivity contribution is 4.84. The summed E-state index contributed by atoms with van der Waals surface area (Å²) in [5, 5.41) is 8.76. The molecule has 0 radical (unpaired) electrons. The van der Waals surface area contributed by atoms with E-state index in [1.807, 2.05) is 0 Å². The zero-order chi connectivity index (χ0) is 7.23. The van der Waals surface area contributed by atoms with Crippen molar-refractivity contribution in [2.75, 3.05) is 13.2 Å². The predicted octanol–water partition coefficient (Wildman–Crippen LogP) is 1.10. The number of aliphatic hydroxyl groups excluding tert-OH is 1. The smallest absolute Gasteiger partial charge is 0.0808 e. The molecule has 1 atom stereocenters. The zero-order valence-electron chi connectivity index (χ0n) is 6.12. The van der Waals surface area contributed by atoms with Crippen LogP contribution in [0.2, 0.25) is 0 Å². The lowest BCUT2D eigenvalue weighted by Crippen LogP contribution is -2.18.